The summed E-state index contributed by atoms with van der Waals surface area (Å²) in [6, 6.07) is 11.9. The van der Waals surface area contributed by atoms with Crippen LogP contribution in [-0.2, 0) is 10.0 Å². The maximum Gasteiger partial charge on any atom is 0.261 e. The molecule has 0 fully saturated rings. The van der Waals surface area contributed by atoms with E-state index >= 15 is 0 Å². The lowest BCUT2D eigenvalue weighted by molar-refractivity contribution is 0.414. The van der Waals surface area contributed by atoms with Crippen molar-refractivity contribution >= 4 is 15.7 Å². The first kappa shape index (κ1) is 14.4. The minimum atomic E-state index is -3.56. The van der Waals surface area contributed by atoms with E-state index in [2.05, 4.69) is 4.72 Å². The SMILES string of the molecule is COc1ccc(NS(=O)(=O)c2ccc(C)cc2)c(C)c1. The van der Waals surface area contributed by atoms with E-state index < -0.39 is 10.0 Å². The van der Waals surface area contributed by atoms with E-state index in [1.54, 1.807) is 49.6 Å². The van der Waals surface area contributed by atoms with Gasteiger partial charge in [-0.1, -0.05) is 17.7 Å². The van der Waals surface area contributed by atoms with Crippen LogP contribution in [0.4, 0.5) is 5.69 Å². The molecule has 4 nitrogen and oxygen atoms in total. The molecule has 0 saturated carbocycles. The molecule has 2 aromatic rings. The van der Waals surface area contributed by atoms with Crippen molar-refractivity contribution in [3.63, 3.8) is 0 Å². The molecule has 0 aliphatic rings. The van der Waals surface area contributed by atoms with Gasteiger partial charge in [0.25, 0.3) is 10.0 Å². The average molecular weight is 291 g/mol. The number of sulfonamides is 1. The molecular formula is C15H17NO3S. The van der Waals surface area contributed by atoms with E-state index in [1.807, 2.05) is 13.8 Å². The zero-order valence-electron chi connectivity index (χ0n) is 11.7. The zero-order chi connectivity index (χ0) is 14.8. The monoisotopic (exact) mass is 291 g/mol. The second kappa shape index (κ2) is 5.54. The quantitative estimate of drug-likeness (QED) is 0.941. The van der Waals surface area contributed by atoms with Crippen LogP contribution in [0.5, 0.6) is 5.75 Å². The summed E-state index contributed by atoms with van der Waals surface area (Å²) in [6.45, 7) is 3.74. The van der Waals surface area contributed by atoms with Gasteiger partial charge in [0.1, 0.15) is 5.75 Å². The van der Waals surface area contributed by atoms with E-state index in [4.69, 9.17) is 4.74 Å². The number of aryl methyl sites for hydroxylation is 2. The number of anilines is 1. The highest BCUT2D eigenvalue weighted by atomic mass is 32.2. The van der Waals surface area contributed by atoms with Crippen molar-refractivity contribution in [1.82, 2.24) is 0 Å². The van der Waals surface area contributed by atoms with Gasteiger partial charge in [0.2, 0.25) is 0 Å². The highest BCUT2D eigenvalue weighted by Gasteiger charge is 2.15. The number of ether oxygens (including phenoxy) is 1. The van der Waals surface area contributed by atoms with Crippen molar-refractivity contribution in [1.29, 1.82) is 0 Å². The molecule has 2 rings (SSSR count). The van der Waals surface area contributed by atoms with Gasteiger partial charge >= 0.3 is 0 Å². The van der Waals surface area contributed by atoms with Crippen molar-refractivity contribution in [2.75, 3.05) is 11.8 Å². The number of hydrogen-bond donors (Lipinski definition) is 1. The van der Waals surface area contributed by atoms with E-state index in [0.717, 1.165) is 11.1 Å². The Kier molecular flexibility index (Phi) is 3.99. The highest BCUT2D eigenvalue weighted by molar-refractivity contribution is 7.92. The molecule has 0 aliphatic heterocycles. The summed E-state index contributed by atoms with van der Waals surface area (Å²) in [5.74, 6) is 0.695. The predicted molar refractivity (Wildman–Crippen MR) is 79.7 cm³/mol. The lowest BCUT2D eigenvalue weighted by Gasteiger charge is -2.11. The van der Waals surface area contributed by atoms with Crippen molar-refractivity contribution < 1.29 is 13.2 Å². The Morgan fingerprint density at radius 3 is 2.20 bits per heavy atom. The molecule has 5 heteroatoms. The first-order valence-electron chi connectivity index (χ1n) is 6.16. The van der Waals surface area contributed by atoms with Crippen molar-refractivity contribution in [2.45, 2.75) is 18.7 Å². The molecule has 0 unspecified atom stereocenters. The van der Waals surface area contributed by atoms with Gasteiger partial charge in [-0.25, -0.2) is 8.42 Å². The molecule has 106 valence electrons. The molecule has 0 radical (unpaired) electrons. The number of nitrogens with one attached hydrogen (secondary N) is 1. The number of hydrogen-bond acceptors (Lipinski definition) is 3. The molecule has 0 heterocycles. The maximum atomic E-state index is 12.3. The van der Waals surface area contributed by atoms with Crippen LogP contribution < -0.4 is 9.46 Å². The Morgan fingerprint density at radius 2 is 1.65 bits per heavy atom. The third kappa shape index (κ3) is 3.11. The van der Waals surface area contributed by atoms with E-state index in [1.165, 1.54) is 0 Å². The van der Waals surface area contributed by atoms with E-state index in [-0.39, 0.29) is 4.90 Å². The van der Waals surface area contributed by atoms with Gasteiger partial charge in [-0.05, 0) is 49.7 Å². The van der Waals surface area contributed by atoms with Crippen molar-refractivity contribution in [3.05, 3.63) is 53.6 Å². The van der Waals surface area contributed by atoms with Crippen LogP contribution in [0.25, 0.3) is 0 Å². The minimum Gasteiger partial charge on any atom is -0.497 e. The van der Waals surface area contributed by atoms with E-state index in [9.17, 15) is 8.42 Å². The number of rotatable bonds is 4. The molecule has 0 aliphatic carbocycles. The fraction of sp³-hybridized carbons (Fsp3) is 0.200. The molecule has 0 bridgehead atoms. The molecule has 1 N–H and O–H groups in total. The molecule has 2 aromatic carbocycles. The molecule has 0 atom stereocenters. The third-order valence-corrected chi connectivity index (χ3v) is 4.39. The van der Waals surface area contributed by atoms with Gasteiger partial charge in [-0.3, -0.25) is 4.72 Å². The summed E-state index contributed by atoms with van der Waals surface area (Å²) >= 11 is 0. The van der Waals surface area contributed by atoms with Crippen LogP contribution >= 0.6 is 0 Å². The van der Waals surface area contributed by atoms with Crippen LogP contribution in [0.3, 0.4) is 0 Å². The van der Waals surface area contributed by atoms with Crippen molar-refractivity contribution in [2.24, 2.45) is 0 Å². The van der Waals surface area contributed by atoms with Crippen LogP contribution in [0, 0.1) is 13.8 Å². The number of benzene rings is 2. The average Bonchev–Trinajstić information content (AvgIpc) is 2.41. The molecule has 0 amide bonds. The van der Waals surface area contributed by atoms with Crippen LogP contribution in [0.1, 0.15) is 11.1 Å². The second-order valence-electron chi connectivity index (χ2n) is 4.60. The Bertz CT molecular complexity index is 706. The Morgan fingerprint density at radius 1 is 1.00 bits per heavy atom. The van der Waals surface area contributed by atoms with Gasteiger partial charge in [-0.2, -0.15) is 0 Å². The zero-order valence-corrected chi connectivity index (χ0v) is 12.5. The summed E-state index contributed by atoms with van der Waals surface area (Å²) in [5.41, 5.74) is 2.37. The Hall–Kier alpha value is -2.01. The fourth-order valence-electron chi connectivity index (χ4n) is 1.80. The largest absolute Gasteiger partial charge is 0.497 e. The molecular weight excluding hydrogens is 274 g/mol. The normalized spacial score (nSPS) is 11.2. The standard InChI is InChI=1S/C15H17NO3S/c1-11-4-7-14(8-5-11)20(17,18)16-15-9-6-13(19-3)10-12(15)2/h4-10,16H,1-3H3. The third-order valence-electron chi connectivity index (χ3n) is 3.01. The van der Waals surface area contributed by atoms with Gasteiger partial charge in [0, 0.05) is 0 Å². The first-order valence-corrected chi connectivity index (χ1v) is 7.65. The summed E-state index contributed by atoms with van der Waals surface area (Å²) in [7, 11) is -1.99. The lowest BCUT2D eigenvalue weighted by atomic mass is 10.2. The summed E-state index contributed by atoms with van der Waals surface area (Å²) in [5, 5.41) is 0. The van der Waals surface area contributed by atoms with Gasteiger partial charge in [0.15, 0.2) is 0 Å². The topological polar surface area (TPSA) is 55.4 Å². The fourth-order valence-corrected chi connectivity index (χ4v) is 2.93. The van der Waals surface area contributed by atoms with Crippen LogP contribution in [0.2, 0.25) is 0 Å². The Balaban J connectivity index is 2.31. The highest BCUT2D eigenvalue weighted by Crippen LogP contribution is 2.23. The molecule has 0 aromatic heterocycles. The van der Waals surface area contributed by atoms with Gasteiger partial charge < -0.3 is 4.74 Å². The van der Waals surface area contributed by atoms with Gasteiger partial charge in [-0.15, -0.1) is 0 Å². The van der Waals surface area contributed by atoms with E-state index in [0.29, 0.717) is 11.4 Å². The Labute approximate surface area is 119 Å². The lowest BCUT2D eigenvalue weighted by Crippen LogP contribution is -2.13. The molecule has 0 spiro atoms. The summed E-state index contributed by atoms with van der Waals surface area (Å²) < 4.78 is 32.2. The first-order chi connectivity index (χ1) is 9.42. The van der Waals surface area contributed by atoms with Gasteiger partial charge in [0.05, 0.1) is 17.7 Å². The van der Waals surface area contributed by atoms with Crippen LogP contribution in [0.15, 0.2) is 47.4 Å². The summed E-state index contributed by atoms with van der Waals surface area (Å²) in [6.07, 6.45) is 0. The molecule has 0 saturated heterocycles. The second-order valence-corrected chi connectivity index (χ2v) is 6.28. The predicted octanol–water partition coefficient (Wildman–Crippen LogP) is 3.11. The van der Waals surface area contributed by atoms with Crippen LogP contribution in [-0.4, -0.2) is 15.5 Å². The van der Waals surface area contributed by atoms with Crippen molar-refractivity contribution in [3.8, 4) is 5.75 Å². The molecule has 20 heavy (non-hydrogen) atoms. The minimum absolute atomic E-state index is 0.248. The maximum absolute atomic E-state index is 12.3. The number of methoxy groups -OCH3 is 1. The smallest absolute Gasteiger partial charge is 0.261 e. The summed E-state index contributed by atoms with van der Waals surface area (Å²) in [4.78, 5) is 0.248.